The van der Waals surface area contributed by atoms with Gasteiger partial charge in [-0.25, -0.2) is 0 Å². The molecular weight excluding hydrogens is 466 g/mol. The smallest absolute Gasteiger partial charge is 0.255 e. The zero-order valence-electron chi connectivity index (χ0n) is 11.2. The van der Waals surface area contributed by atoms with Gasteiger partial charge in [0.05, 0.1) is 5.56 Å². The van der Waals surface area contributed by atoms with Gasteiger partial charge in [0.25, 0.3) is 5.91 Å². The van der Waals surface area contributed by atoms with Crippen molar-refractivity contribution in [3.63, 3.8) is 0 Å². The first-order valence-electron chi connectivity index (χ1n) is 6.13. The molecule has 0 aliphatic rings. The molecule has 0 radical (unpaired) electrons. The van der Waals surface area contributed by atoms with Crippen LogP contribution in [0.2, 0.25) is 5.02 Å². The number of carbonyl (C=O) groups excluding carboxylic acids is 1. The van der Waals surface area contributed by atoms with Crippen LogP contribution in [0.25, 0.3) is 0 Å². The van der Waals surface area contributed by atoms with Crippen molar-refractivity contribution in [3.05, 3.63) is 60.6 Å². The average molecular weight is 480 g/mol. The summed E-state index contributed by atoms with van der Waals surface area (Å²) in [5.74, 6) is -0.0705. The summed E-state index contributed by atoms with van der Waals surface area (Å²) in [5.41, 5.74) is 7.85. The van der Waals surface area contributed by atoms with E-state index in [2.05, 4.69) is 38.5 Å². The molecular formula is C15H13BrClIN2O. The van der Waals surface area contributed by atoms with E-state index >= 15 is 0 Å². The van der Waals surface area contributed by atoms with Gasteiger partial charge in [-0.15, -0.1) is 0 Å². The van der Waals surface area contributed by atoms with Crippen molar-refractivity contribution >= 4 is 61.7 Å². The SMILES string of the molecule is CN(Cc1cc(N)ccc1Cl)C(=O)c1cc(I)ccc1Br. The van der Waals surface area contributed by atoms with Gasteiger partial charge in [0.2, 0.25) is 0 Å². The Morgan fingerprint density at radius 2 is 2.05 bits per heavy atom. The van der Waals surface area contributed by atoms with Crippen molar-refractivity contribution in [1.82, 2.24) is 4.90 Å². The summed E-state index contributed by atoms with van der Waals surface area (Å²) in [4.78, 5) is 14.2. The summed E-state index contributed by atoms with van der Waals surface area (Å²) < 4.78 is 1.79. The number of hydrogen-bond donors (Lipinski definition) is 1. The summed E-state index contributed by atoms with van der Waals surface area (Å²) in [6.07, 6.45) is 0. The highest BCUT2D eigenvalue weighted by molar-refractivity contribution is 14.1. The number of halogens is 3. The van der Waals surface area contributed by atoms with Gasteiger partial charge in [0.15, 0.2) is 0 Å². The molecule has 0 spiro atoms. The van der Waals surface area contributed by atoms with Gasteiger partial charge in [-0.3, -0.25) is 4.79 Å². The fourth-order valence-corrected chi connectivity index (χ4v) is 2.99. The van der Waals surface area contributed by atoms with Crippen molar-refractivity contribution in [2.45, 2.75) is 6.54 Å². The minimum Gasteiger partial charge on any atom is -0.399 e. The van der Waals surface area contributed by atoms with Crippen molar-refractivity contribution < 1.29 is 4.79 Å². The van der Waals surface area contributed by atoms with Gasteiger partial charge in [-0.05, 0) is 80.5 Å². The van der Waals surface area contributed by atoms with Crippen LogP contribution >= 0.6 is 50.1 Å². The molecule has 21 heavy (non-hydrogen) atoms. The number of amides is 1. The Kier molecular flexibility index (Phi) is 5.51. The highest BCUT2D eigenvalue weighted by Crippen LogP contribution is 2.24. The standard InChI is InChI=1S/C15H13BrClIN2O/c1-20(8-9-6-11(19)3-5-14(9)17)15(21)12-7-10(18)2-4-13(12)16/h2-7H,8,19H2,1H3. The van der Waals surface area contributed by atoms with E-state index in [0.29, 0.717) is 22.8 Å². The van der Waals surface area contributed by atoms with Gasteiger partial charge in [0, 0.05) is 32.3 Å². The van der Waals surface area contributed by atoms with Gasteiger partial charge in [-0.2, -0.15) is 0 Å². The first-order valence-corrected chi connectivity index (χ1v) is 8.38. The van der Waals surface area contributed by atoms with Gasteiger partial charge in [-0.1, -0.05) is 11.6 Å². The first kappa shape index (κ1) is 16.6. The molecule has 0 aromatic heterocycles. The maximum atomic E-state index is 12.5. The van der Waals surface area contributed by atoms with Crippen molar-refractivity contribution in [2.75, 3.05) is 12.8 Å². The van der Waals surface area contributed by atoms with Crippen LogP contribution in [0.15, 0.2) is 40.9 Å². The molecule has 3 nitrogen and oxygen atoms in total. The number of hydrogen-bond acceptors (Lipinski definition) is 2. The van der Waals surface area contributed by atoms with Crippen molar-refractivity contribution in [3.8, 4) is 0 Å². The predicted octanol–water partition coefficient (Wildman–Crippen LogP) is 4.56. The van der Waals surface area contributed by atoms with E-state index in [1.807, 2.05) is 18.2 Å². The molecule has 0 atom stereocenters. The summed E-state index contributed by atoms with van der Waals surface area (Å²) in [5, 5.41) is 0.602. The Balaban J connectivity index is 2.23. The number of rotatable bonds is 3. The maximum absolute atomic E-state index is 12.5. The minimum absolute atomic E-state index is 0.0705. The number of benzene rings is 2. The molecule has 1 amide bonds. The second-order valence-corrected chi connectivity index (χ2v) is 7.14. The second-order valence-electron chi connectivity index (χ2n) is 4.64. The average Bonchev–Trinajstić information content (AvgIpc) is 2.44. The summed E-state index contributed by atoms with van der Waals surface area (Å²) in [6.45, 7) is 0.403. The molecule has 0 saturated carbocycles. The lowest BCUT2D eigenvalue weighted by Crippen LogP contribution is -2.26. The Bertz CT molecular complexity index is 693. The highest BCUT2D eigenvalue weighted by atomic mass is 127. The lowest BCUT2D eigenvalue weighted by molar-refractivity contribution is 0.0784. The van der Waals surface area contributed by atoms with Crippen molar-refractivity contribution in [1.29, 1.82) is 0 Å². The molecule has 2 rings (SSSR count). The number of nitrogens with zero attached hydrogens (tertiary/aromatic N) is 1. The number of nitrogen functional groups attached to an aromatic ring is 1. The molecule has 0 aliphatic heterocycles. The molecule has 0 fully saturated rings. The topological polar surface area (TPSA) is 46.3 Å². The molecule has 6 heteroatoms. The number of nitrogens with two attached hydrogens (primary N) is 1. The minimum atomic E-state index is -0.0705. The summed E-state index contributed by atoms with van der Waals surface area (Å²) in [7, 11) is 1.74. The van der Waals surface area contributed by atoms with Crippen LogP contribution in [0, 0.1) is 3.57 Å². The molecule has 2 N–H and O–H groups in total. The van der Waals surface area contributed by atoms with Crippen LogP contribution in [-0.2, 0) is 6.54 Å². The molecule has 0 saturated heterocycles. The van der Waals surface area contributed by atoms with Crippen LogP contribution in [0.4, 0.5) is 5.69 Å². The van der Waals surface area contributed by atoms with Crippen LogP contribution in [-0.4, -0.2) is 17.9 Å². The molecule has 110 valence electrons. The van der Waals surface area contributed by atoms with E-state index in [4.69, 9.17) is 17.3 Å². The van der Waals surface area contributed by atoms with Crippen LogP contribution in [0.1, 0.15) is 15.9 Å². The molecule has 0 heterocycles. The molecule has 2 aromatic carbocycles. The Labute approximate surface area is 150 Å². The molecule has 0 unspecified atom stereocenters. The summed E-state index contributed by atoms with van der Waals surface area (Å²) in [6, 6.07) is 10.9. The van der Waals surface area contributed by atoms with Gasteiger partial charge >= 0.3 is 0 Å². The van der Waals surface area contributed by atoms with Crippen LogP contribution in [0.3, 0.4) is 0 Å². The third-order valence-corrected chi connectivity index (χ3v) is 4.71. The summed E-state index contributed by atoms with van der Waals surface area (Å²) >= 11 is 11.7. The van der Waals surface area contributed by atoms with Crippen LogP contribution < -0.4 is 5.73 Å². The van der Waals surface area contributed by atoms with E-state index in [1.165, 1.54) is 0 Å². The lowest BCUT2D eigenvalue weighted by Gasteiger charge is -2.19. The van der Waals surface area contributed by atoms with E-state index in [1.54, 1.807) is 30.1 Å². The van der Waals surface area contributed by atoms with E-state index in [9.17, 15) is 4.79 Å². The molecule has 0 aliphatic carbocycles. The van der Waals surface area contributed by atoms with E-state index in [-0.39, 0.29) is 5.91 Å². The van der Waals surface area contributed by atoms with Crippen LogP contribution in [0.5, 0.6) is 0 Å². The first-order chi connectivity index (χ1) is 9.88. The Morgan fingerprint density at radius 1 is 1.33 bits per heavy atom. The lowest BCUT2D eigenvalue weighted by atomic mass is 10.1. The van der Waals surface area contributed by atoms with E-state index in [0.717, 1.165) is 13.6 Å². The molecule has 2 aromatic rings. The zero-order chi connectivity index (χ0) is 15.6. The predicted molar refractivity (Wildman–Crippen MR) is 98.5 cm³/mol. The number of anilines is 1. The maximum Gasteiger partial charge on any atom is 0.255 e. The Hall–Kier alpha value is -0.790. The fraction of sp³-hybridized carbons (Fsp3) is 0.133. The normalized spacial score (nSPS) is 10.5. The zero-order valence-corrected chi connectivity index (χ0v) is 15.7. The molecule has 0 bridgehead atoms. The third-order valence-electron chi connectivity index (χ3n) is 2.98. The highest BCUT2D eigenvalue weighted by Gasteiger charge is 2.16. The van der Waals surface area contributed by atoms with E-state index < -0.39 is 0 Å². The largest absolute Gasteiger partial charge is 0.399 e. The fourth-order valence-electron chi connectivity index (χ4n) is 1.91. The second kappa shape index (κ2) is 6.98. The number of carbonyl (C=O) groups is 1. The van der Waals surface area contributed by atoms with Crippen molar-refractivity contribution in [2.24, 2.45) is 0 Å². The monoisotopic (exact) mass is 478 g/mol. The third kappa shape index (κ3) is 4.11. The quantitative estimate of drug-likeness (QED) is 0.518. The van der Waals surface area contributed by atoms with Gasteiger partial charge < -0.3 is 10.6 Å². The van der Waals surface area contributed by atoms with Gasteiger partial charge in [0.1, 0.15) is 0 Å². The Morgan fingerprint density at radius 3 is 2.76 bits per heavy atom.